The zero-order valence-electron chi connectivity index (χ0n) is 10.9. The Labute approximate surface area is 102 Å². The third-order valence-electron chi connectivity index (χ3n) is 3.91. The van der Waals surface area contributed by atoms with Gasteiger partial charge in [-0.2, -0.15) is 0 Å². The Morgan fingerprint density at radius 2 is 2.24 bits per heavy atom. The molecule has 3 atom stereocenters. The number of oxime groups is 1. The molecule has 1 amide bonds. The summed E-state index contributed by atoms with van der Waals surface area (Å²) in [5.41, 5.74) is 4.69. The number of hydrogen-bond donors (Lipinski definition) is 3. The van der Waals surface area contributed by atoms with Crippen molar-refractivity contribution in [1.29, 1.82) is 0 Å². The molecule has 0 radical (unpaired) electrons. The Bertz CT molecular complexity index is 317. The van der Waals surface area contributed by atoms with Gasteiger partial charge in [0.15, 0.2) is 5.84 Å². The lowest BCUT2D eigenvalue weighted by molar-refractivity contribution is -0.127. The van der Waals surface area contributed by atoms with E-state index in [0.717, 1.165) is 19.3 Å². The molecule has 0 heterocycles. The van der Waals surface area contributed by atoms with Gasteiger partial charge >= 0.3 is 0 Å². The van der Waals surface area contributed by atoms with Gasteiger partial charge in [0.1, 0.15) is 5.41 Å². The van der Waals surface area contributed by atoms with Gasteiger partial charge < -0.3 is 16.3 Å². The lowest BCUT2D eigenvalue weighted by Gasteiger charge is -2.27. The number of amidine groups is 1. The number of rotatable bonds is 4. The average Bonchev–Trinajstić information content (AvgIpc) is 2.72. The van der Waals surface area contributed by atoms with Crippen LogP contribution in [0.3, 0.4) is 0 Å². The fraction of sp³-hybridized carbons (Fsp3) is 0.833. The smallest absolute Gasteiger partial charge is 0.233 e. The van der Waals surface area contributed by atoms with Gasteiger partial charge in [0.2, 0.25) is 5.91 Å². The van der Waals surface area contributed by atoms with Crippen LogP contribution in [0.2, 0.25) is 0 Å². The van der Waals surface area contributed by atoms with Crippen LogP contribution >= 0.6 is 0 Å². The maximum Gasteiger partial charge on any atom is 0.233 e. The van der Waals surface area contributed by atoms with Crippen molar-refractivity contribution in [3.05, 3.63) is 0 Å². The van der Waals surface area contributed by atoms with E-state index in [1.165, 1.54) is 0 Å². The molecular formula is C12H23N3O2. The Kier molecular flexibility index (Phi) is 4.37. The molecule has 0 aromatic carbocycles. The molecule has 0 aromatic heterocycles. The van der Waals surface area contributed by atoms with Crippen LogP contribution in [0.1, 0.15) is 46.5 Å². The van der Waals surface area contributed by atoms with E-state index < -0.39 is 5.41 Å². The fourth-order valence-corrected chi connectivity index (χ4v) is 2.25. The first-order chi connectivity index (χ1) is 7.93. The van der Waals surface area contributed by atoms with Crippen molar-refractivity contribution in [2.45, 2.75) is 52.5 Å². The summed E-state index contributed by atoms with van der Waals surface area (Å²) in [5.74, 6) is 0.495. The van der Waals surface area contributed by atoms with Gasteiger partial charge in [-0.25, -0.2) is 0 Å². The van der Waals surface area contributed by atoms with Crippen molar-refractivity contribution in [3.8, 4) is 0 Å². The predicted molar refractivity (Wildman–Crippen MR) is 66.8 cm³/mol. The van der Waals surface area contributed by atoms with Crippen LogP contribution in [-0.2, 0) is 4.79 Å². The van der Waals surface area contributed by atoms with E-state index in [-0.39, 0.29) is 17.8 Å². The first-order valence-electron chi connectivity index (χ1n) is 6.23. The number of carbonyl (C=O) groups excluding carboxylic acids is 1. The minimum absolute atomic E-state index is 0.0245. The molecule has 0 spiro atoms. The predicted octanol–water partition coefficient (Wildman–Crippen LogP) is 1.45. The van der Waals surface area contributed by atoms with E-state index in [9.17, 15) is 4.79 Å². The van der Waals surface area contributed by atoms with Gasteiger partial charge in [-0.3, -0.25) is 4.79 Å². The summed E-state index contributed by atoms with van der Waals surface area (Å²) in [6, 6.07) is 0.231. The van der Waals surface area contributed by atoms with Gasteiger partial charge in [0.25, 0.3) is 0 Å². The second kappa shape index (κ2) is 5.38. The van der Waals surface area contributed by atoms with Gasteiger partial charge in [-0.1, -0.05) is 19.0 Å². The van der Waals surface area contributed by atoms with Crippen LogP contribution in [0, 0.1) is 11.3 Å². The monoisotopic (exact) mass is 241 g/mol. The van der Waals surface area contributed by atoms with Crippen LogP contribution in [0.15, 0.2) is 5.16 Å². The second-order valence-electron chi connectivity index (χ2n) is 5.26. The Morgan fingerprint density at radius 3 is 2.65 bits per heavy atom. The number of nitrogens with one attached hydrogen (secondary N) is 1. The zero-order valence-corrected chi connectivity index (χ0v) is 10.9. The summed E-state index contributed by atoms with van der Waals surface area (Å²) in [6.45, 7) is 5.75. The molecule has 1 aliphatic rings. The number of carbonyl (C=O) groups is 1. The first-order valence-corrected chi connectivity index (χ1v) is 6.23. The van der Waals surface area contributed by atoms with Crippen LogP contribution < -0.4 is 11.1 Å². The van der Waals surface area contributed by atoms with E-state index in [1.807, 2.05) is 6.92 Å². The molecule has 1 rings (SSSR count). The quantitative estimate of drug-likeness (QED) is 0.301. The number of nitrogens with two attached hydrogens (primary N) is 1. The molecule has 17 heavy (non-hydrogen) atoms. The zero-order chi connectivity index (χ0) is 13.1. The largest absolute Gasteiger partial charge is 0.409 e. The van der Waals surface area contributed by atoms with Crippen molar-refractivity contribution in [3.63, 3.8) is 0 Å². The number of amides is 1. The molecule has 0 aromatic rings. The highest BCUT2D eigenvalue weighted by Gasteiger charge is 2.38. The lowest BCUT2D eigenvalue weighted by atomic mass is 9.85. The topological polar surface area (TPSA) is 87.7 Å². The molecule has 4 N–H and O–H groups in total. The van der Waals surface area contributed by atoms with E-state index >= 15 is 0 Å². The van der Waals surface area contributed by atoms with E-state index in [0.29, 0.717) is 12.3 Å². The molecule has 5 nitrogen and oxygen atoms in total. The number of nitrogens with zero attached hydrogens (tertiary/aromatic N) is 1. The molecule has 1 aliphatic carbocycles. The molecule has 1 fully saturated rings. The summed E-state index contributed by atoms with van der Waals surface area (Å²) >= 11 is 0. The van der Waals surface area contributed by atoms with Crippen molar-refractivity contribution in [2.24, 2.45) is 22.2 Å². The van der Waals surface area contributed by atoms with Gasteiger partial charge in [-0.15, -0.1) is 0 Å². The standard InChI is InChI=1S/C12H23N3O2/c1-4-12(3,10(13)15-17)11(16)14-9-6-5-8(2)7-9/h8-9,17H,4-7H2,1-3H3,(H2,13,15)(H,14,16). The van der Waals surface area contributed by atoms with E-state index in [1.54, 1.807) is 6.92 Å². The summed E-state index contributed by atoms with van der Waals surface area (Å²) in [4.78, 5) is 12.2. The molecule has 0 aliphatic heterocycles. The highest BCUT2D eigenvalue weighted by Crippen LogP contribution is 2.27. The fourth-order valence-electron chi connectivity index (χ4n) is 2.25. The number of hydrogen-bond acceptors (Lipinski definition) is 3. The Balaban J connectivity index is 2.67. The Hall–Kier alpha value is -1.26. The van der Waals surface area contributed by atoms with Gasteiger partial charge in [0, 0.05) is 6.04 Å². The minimum atomic E-state index is -0.916. The maximum absolute atomic E-state index is 12.2. The highest BCUT2D eigenvalue weighted by atomic mass is 16.4. The molecule has 1 saturated carbocycles. The van der Waals surface area contributed by atoms with Crippen molar-refractivity contribution >= 4 is 11.7 Å². The van der Waals surface area contributed by atoms with Crippen LogP contribution in [-0.4, -0.2) is 23.0 Å². The molecular weight excluding hydrogens is 218 g/mol. The summed E-state index contributed by atoms with van der Waals surface area (Å²) in [5, 5.41) is 14.7. The SMILES string of the molecule is CCC(C)(C(=O)NC1CCC(C)C1)C(N)=NO. The highest BCUT2D eigenvalue weighted by molar-refractivity contribution is 6.06. The molecule has 5 heteroatoms. The van der Waals surface area contributed by atoms with Crippen molar-refractivity contribution < 1.29 is 10.0 Å². The first kappa shape index (κ1) is 13.8. The summed E-state index contributed by atoms with van der Waals surface area (Å²) in [7, 11) is 0. The molecule has 0 saturated heterocycles. The Morgan fingerprint density at radius 1 is 1.59 bits per heavy atom. The van der Waals surface area contributed by atoms with E-state index in [2.05, 4.69) is 17.4 Å². The molecule has 3 unspecified atom stereocenters. The van der Waals surface area contributed by atoms with Gasteiger partial charge in [-0.05, 0) is 38.5 Å². The average molecular weight is 241 g/mol. The van der Waals surface area contributed by atoms with Crippen molar-refractivity contribution in [2.75, 3.05) is 0 Å². The molecule has 0 bridgehead atoms. The summed E-state index contributed by atoms with van der Waals surface area (Å²) < 4.78 is 0. The third kappa shape index (κ3) is 2.90. The van der Waals surface area contributed by atoms with Gasteiger partial charge in [0.05, 0.1) is 0 Å². The second-order valence-corrected chi connectivity index (χ2v) is 5.26. The van der Waals surface area contributed by atoms with Crippen LogP contribution in [0.25, 0.3) is 0 Å². The van der Waals surface area contributed by atoms with Crippen molar-refractivity contribution in [1.82, 2.24) is 5.32 Å². The summed E-state index contributed by atoms with van der Waals surface area (Å²) in [6.07, 6.45) is 3.69. The normalized spacial score (nSPS) is 28.8. The van der Waals surface area contributed by atoms with Crippen LogP contribution in [0.4, 0.5) is 0 Å². The van der Waals surface area contributed by atoms with Crippen LogP contribution in [0.5, 0.6) is 0 Å². The third-order valence-corrected chi connectivity index (χ3v) is 3.91. The molecule has 98 valence electrons. The minimum Gasteiger partial charge on any atom is -0.409 e. The van der Waals surface area contributed by atoms with E-state index in [4.69, 9.17) is 10.9 Å². The lowest BCUT2D eigenvalue weighted by Crippen LogP contribution is -2.50. The maximum atomic E-state index is 12.2.